The molecule has 31 heavy (non-hydrogen) atoms. The molecule has 2 N–H and O–H groups in total. The molecular weight excluding hydrogens is 416 g/mol. The van der Waals surface area contributed by atoms with Gasteiger partial charge in [-0.05, 0) is 37.1 Å². The van der Waals surface area contributed by atoms with Crippen molar-refractivity contribution in [3.63, 3.8) is 0 Å². The van der Waals surface area contributed by atoms with Gasteiger partial charge in [-0.3, -0.25) is 19.7 Å². The minimum absolute atomic E-state index is 0.0176. The molecule has 1 aliphatic rings. The molecule has 9 heteroatoms. The van der Waals surface area contributed by atoms with Gasteiger partial charge in [0.25, 0.3) is 11.8 Å². The smallest absolute Gasteiger partial charge is 0.289 e. The highest BCUT2D eigenvalue weighted by Crippen LogP contribution is 2.18. The third-order valence-electron chi connectivity index (χ3n) is 5.03. The summed E-state index contributed by atoms with van der Waals surface area (Å²) in [6.45, 7) is 1.13. The van der Waals surface area contributed by atoms with Gasteiger partial charge in [-0.25, -0.2) is 4.98 Å². The second-order valence-electron chi connectivity index (χ2n) is 7.25. The van der Waals surface area contributed by atoms with Crippen molar-refractivity contribution in [3.8, 4) is 0 Å². The summed E-state index contributed by atoms with van der Waals surface area (Å²) in [7, 11) is 0. The van der Waals surface area contributed by atoms with Crippen LogP contribution in [0.4, 0.5) is 5.13 Å². The van der Waals surface area contributed by atoms with Gasteiger partial charge in [-0.15, -0.1) is 11.3 Å². The lowest BCUT2D eigenvalue weighted by Gasteiger charge is -2.31. The van der Waals surface area contributed by atoms with Crippen LogP contribution in [-0.2, 0) is 11.2 Å². The van der Waals surface area contributed by atoms with E-state index in [-0.39, 0.29) is 30.2 Å². The molecule has 0 bridgehead atoms. The molecule has 160 valence electrons. The summed E-state index contributed by atoms with van der Waals surface area (Å²) in [5.74, 6) is -0.146. The first kappa shape index (κ1) is 20.8. The first-order valence-electron chi connectivity index (χ1n) is 10.0. The number of thiazole rings is 1. The van der Waals surface area contributed by atoms with Crippen LogP contribution in [0.1, 0.15) is 39.4 Å². The van der Waals surface area contributed by atoms with Crippen LogP contribution in [0.3, 0.4) is 0 Å². The van der Waals surface area contributed by atoms with Crippen molar-refractivity contribution in [2.24, 2.45) is 0 Å². The molecule has 3 aromatic rings. The molecule has 3 heterocycles. The maximum Gasteiger partial charge on any atom is 0.289 e. The van der Waals surface area contributed by atoms with Gasteiger partial charge in [0, 0.05) is 30.1 Å². The molecule has 8 nitrogen and oxygen atoms in total. The maximum absolute atomic E-state index is 12.4. The number of amides is 3. The second kappa shape index (κ2) is 9.57. The Morgan fingerprint density at radius 1 is 1.10 bits per heavy atom. The van der Waals surface area contributed by atoms with Gasteiger partial charge in [-0.2, -0.15) is 0 Å². The fourth-order valence-electron chi connectivity index (χ4n) is 3.43. The number of nitrogens with one attached hydrogen (secondary N) is 2. The van der Waals surface area contributed by atoms with E-state index in [0.29, 0.717) is 48.1 Å². The van der Waals surface area contributed by atoms with Gasteiger partial charge < -0.3 is 14.6 Å². The summed E-state index contributed by atoms with van der Waals surface area (Å²) in [5, 5.41) is 7.99. The summed E-state index contributed by atoms with van der Waals surface area (Å²) in [4.78, 5) is 43.0. The van der Waals surface area contributed by atoms with Crippen molar-refractivity contribution in [1.82, 2.24) is 15.2 Å². The molecule has 0 saturated carbocycles. The van der Waals surface area contributed by atoms with Gasteiger partial charge >= 0.3 is 0 Å². The number of likely N-dealkylation sites (tertiary alicyclic amines) is 1. The molecule has 4 rings (SSSR count). The van der Waals surface area contributed by atoms with Gasteiger partial charge in [0.15, 0.2) is 10.9 Å². The molecule has 1 fully saturated rings. The fourth-order valence-corrected chi connectivity index (χ4v) is 4.14. The van der Waals surface area contributed by atoms with E-state index in [1.807, 2.05) is 6.07 Å². The maximum atomic E-state index is 12.4. The zero-order chi connectivity index (χ0) is 21.6. The van der Waals surface area contributed by atoms with Crippen LogP contribution in [0, 0.1) is 0 Å². The summed E-state index contributed by atoms with van der Waals surface area (Å²) < 4.78 is 5.16. The number of nitrogens with zero attached hydrogens (tertiary/aromatic N) is 2. The SMILES string of the molecule is O=C(Cc1csc(NC(=O)c2ccccc2)n1)NC1CCN(C(=O)c2ccco2)CC1. The number of anilines is 1. The third kappa shape index (κ3) is 5.37. The van der Waals surface area contributed by atoms with Crippen molar-refractivity contribution in [2.75, 3.05) is 18.4 Å². The average Bonchev–Trinajstić information content (AvgIpc) is 3.47. The van der Waals surface area contributed by atoms with E-state index >= 15 is 0 Å². The molecule has 0 aliphatic carbocycles. The highest BCUT2D eigenvalue weighted by Gasteiger charge is 2.26. The van der Waals surface area contributed by atoms with Gasteiger partial charge in [-0.1, -0.05) is 18.2 Å². The largest absolute Gasteiger partial charge is 0.459 e. The Morgan fingerprint density at radius 2 is 1.87 bits per heavy atom. The lowest BCUT2D eigenvalue weighted by Crippen LogP contribution is -2.46. The molecule has 0 atom stereocenters. The van der Waals surface area contributed by atoms with Crippen molar-refractivity contribution >= 4 is 34.2 Å². The molecule has 1 aromatic carbocycles. The van der Waals surface area contributed by atoms with Crippen LogP contribution in [0.2, 0.25) is 0 Å². The summed E-state index contributed by atoms with van der Waals surface area (Å²) in [6.07, 6.45) is 3.00. The van der Waals surface area contributed by atoms with E-state index in [1.54, 1.807) is 46.7 Å². The van der Waals surface area contributed by atoms with Crippen LogP contribution in [0.25, 0.3) is 0 Å². The standard InChI is InChI=1S/C22H22N4O4S/c27-19(23-16-8-10-26(11-9-16)21(29)18-7-4-12-30-18)13-17-14-31-22(24-17)25-20(28)15-5-2-1-3-6-15/h1-7,12,14,16H,8-11,13H2,(H,23,27)(H,24,25,28). The predicted molar refractivity (Wildman–Crippen MR) is 116 cm³/mol. The zero-order valence-electron chi connectivity index (χ0n) is 16.7. The highest BCUT2D eigenvalue weighted by atomic mass is 32.1. The van der Waals surface area contributed by atoms with E-state index < -0.39 is 0 Å². The predicted octanol–water partition coefficient (Wildman–Crippen LogP) is 2.95. The van der Waals surface area contributed by atoms with Crippen LogP contribution < -0.4 is 10.6 Å². The Balaban J connectivity index is 1.23. The Hall–Kier alpha value is -3.46. The second-order valence-corrected chi connectivity index (χ2v) is 8.11. The minimum atomic E-state index is -0.234. The zero-order valence-corrected chi connectivity index (χ0v) is 17.6. The first-order chi connectivity index (χ1) is 15.1. The van der Waals surface area contributed by atoms with Crippen LogP contribution in [-0.4, -0.2) is 46.7 Å². The van der Waals surface area contributed by atoms with Crippen molar-refractivity contribution in [2.45, 2.75) is 25.3 Å². The number of furan rings is 1. The highest BCUT2D eigenvalue weighted by molar-refractivity contribution is 7.14. The fraction of sp³-hybridized carbons (Fsp3) is 0.273. The number of benzene rings is 1. The van der Waals surface area contributed by atoms with Gasteiger partial charge in [0.1, 0.15) is 0 Å². The van der Waals surface area contributed by atoms with Crippen molar-refractivity contribution in [3.05, 3.63) is 71.1 Å². The number of rotatable bonds is 6. The molecule has 0 radical (unpaired) electrons. The summed E-state index contributed by atoms with van der Waals surface area (Å²) >= 11 is 1.29. The van der Waals surface area contributed by atoms with Crippen molar-refractivity contribution in [1.29, 1.82) is 0 Å². The third-order valence-corrected chi connectivity index (χ3v) is 5.84. The number of hydrogen-bond acceptors (Lipinski definition) is 6. The van der Waals surface area contributed by atoms with Gasteiger partial charge in [0.2, 0.25) is 5.91 Å². The van der Waals surface area contributed by atoms with Gasteiger partial charge in [0.05, 0.1) is 18.4 Å². The summed E-state index contributed by atoms with van der Waals surface area (Å²) in [5.41, 5.74) is 1.16. The lowest BCUT2D eigenvalue weighted by molar-refractivity contribution is -0.121. The quantitative estimate of drug-likeness (QED) is 0.616. The molecule has 0 spiro atoms. The molecule has 2 aromatic heterocycles. The van der Waals surface area contributed by atoms with E-state index in [2.05, 4.69) is 15.6 Å². The number of hydrogen-bond donors (Lipinski definition) is 2. The van der Waals surface area contributed by atoms with Crippen molar-refractivity contribution < 1.29 is 18.8 Å². The Bertz CT molecular complexity index is 1040. The Kier molecular flexibility index (Phi) is 6.42. The normalized spacial score (nSPS) is 14.3. The van der Waals surface area contributed by atoms with Crippen LogP contribution >= 0.6 is 11.3 Å². The summed E-state index contributed by atoms with van der Waals surface area (Å²) in [6, 6.07) is 12.3. The number of aromatic nitrogens is 1. The Morgan fingerprint density at radius 3 is 2.58 bits per heavy atom. The molecule has 0 unspecified atom stereocenters. The number of carbonyl (C=O) groups excluding carboxylic acids is 3. The van der Waals surface area contributed by atoms with E-state index in [4.69, 9.17) is 4.42 Å². The lowest BCUT2D eigenvalue weighted by atomic mass is 10.0. The molecule has 1 saturated heterocycles. The number of piperidine rings is 1. The molecule has 3 amide bonds. The van der Waals surface area contributed by atoms with Crippen LogP contribution in [0.5, 0.6) is 0 Å². The van der Waals surface area contributed by atoms with E-state index in [1.165, 1.54) is 17.6 Å². The molecular formula is C22H22N4O4S. The minimum Gasteiger partial charge on any atom is -0.459 e. The number of carbonyl (C=O) groups is 3. The van der Waals surface area contributed by atoms with E-state index in [0.717, 1.165) is 0 Å². The topological polar surface area (TPSA) is 105 Å². The monoisotopic (exact) mass is 438 g/mol. The Labute approximate surface area is 183 Å². The molecule has 1 aliphatic heterocycles. The first-order valence-corrected chi connectivity index (χ1v) is 10.9. The average molecular weight is 439 g/mol. The van der Waals surface area contributed by atoms with Crippen LogP contribution in [0.15, 0.2) is 58.5 Å². The van der Waals surface area contributed by atoms with E-state index in [9.17, 15) is 14.4 Å².